The maximum atomic E-state index is 10.5. The summed E-state index contributed by atoms with van der Waals surface area (Å²) in [5.74, 6) is 0.931. The van der Waals surface area contributed by atoms with E-state index in [2.05, 4.69) is 20.8 Å². The van der Waals surface area contributed by atoms with Crippen LogP contribution in [-0.2, 0) is 0 Å². The quantitative estimate of drug-likeness (QED) is 0.343. The number of thioether (sulfide) groups is 1. The molecule has 3 nitrogen and oxygen atoms in total. The summed E-state index contributed by atoms with van der Waals surface area (Å²) in [7, 11) is 0. The normalized spacial score (nSPS) is 9.94. The molecule has 0 unspecified atom stereocenters. The van der Waals surface area contributed by atoms with Gasteiger partial charge in [-0.25, -0.2) is 0 Å². The Kier molecular flexibility index (Phi) is 4.55. The van der Waals surface area contributed by atoms with Crippen LogP contribution in [0, 0.1) is 10.1 Å². The SMILES string of the molecule is CC(C)=C(C)CSc1ccc([N+](=O)[O-])cc1. The molecule has 16 heavy (non-hydrogen) atoms. The summed E-state index contributed by atoms with van der Waals surface area (Å²) < 4.78 is 0. The number of benzene rings is 1. The van der Waals surface area contributed by atoms with Crippen molar-refractivity contribution in [2.24, 2.45) is 0 Å². The number of nitro benzene ring substituents is 1. The van der Waals surface area contributed by atoms with E-state index in [9.17, 15) is 10.1 Å². The largest absolute Gasteiger partial charge is 0.269 e. The number of hydrogen-bond donors (Lipinski definition) is 0. The van der Waals surface area contributed by atoms with Crippen molar-refractivity contribution in [3.63, 3.8) is 0 Å². The Hall–Kier alpha value is -1.29. The Morgan fingerprint density at radius 1 is 1.25 bits per heavy atom. The molecule has 0 aliphatic heterocycles. The zero-order valence-corrected chi connectivity index (χ0v) is 10.5. The molecule has 1 aromatic carbocycles. The van der Waals surface area contributed by atoms with Crippen molar-refractivity contribution in [2.75, 3.05) is 5.75 Å². The number of non-ortho nitro benzene ring substituents is 1. The number of nitrogens with zero attached hydrogens (tertiary/aromatic N) is 1. The van der Waals surface area contributed by atoms with Gasteiger partial charge >= 0.3 is 0 Å². The highest BCUT2D eigenvalue weighted by atomic mass is 32.2. The predicted octanol–water partition coefficient (Wildman–Crippen LogP) is 4.04. The van der Waals surface area contributed by atoms with Crippen LogP contribution in [0.5, 0.6) is 0 Å². The van der Waals surface area contributed by atoms with E-state index in [1.54, 1.807) is 36.0 Å². The van der Waals surface area contributed by atoms with E-state index in [1.165, 1.54) is 11.1 Å². The third-order valence-electron chi connectivity index (χ3n) is 2.36. The van der Waals surface area contributed by atoms with Crippen molar-refractivity contribution in [1.29, 1.82) is 0 Å². The van der Waals surface area contributed by atoms with Crippen LogP contribution in [-0.4, -0.2) is 10.7 Å². The Balaban J connectivity index is 2.63. The maximum absolute atomic E-state index is 10.5. The van der Waals surface area contributed by atoms with Crippen molar-refractivity contribution in [3.8, 4) is 0 Å². The lowest BCUT2D eigenvalue weighted by Gasteiger charge is -2.03. The molecule has 1 rings (SSSR count). The molecule has 0 bridgehead atoms. The van der Waals surface area contributed by atoms with Gasteiger partial charge in [-0.05, 0) is 32.9 Å². The molecule has 0 spiro atoms. The van der Waals surface area contributed by atoms with Crippen molar-refractivity contribution in [2.45, 2.75) is 25.7 Å². The molecule has 1 aromatic rings. The fourth-order valence-corrected chi connectivity index (χ4v) is 2.00. The van der Waals surface area contributed by atoms with Crippen LogP contribution in [0.2, 0.25) is 0 Å². The molecule has 86 valence electrons. The molecule has 0 saturated heterocycles. The summed E-state index contributed by atoms with van der Waals surface area (Å²) in [5.41, 5.74) is 2.82. The second-order valence-electron chi connectivity index (χ2n) is 3.82. The molecule has 0 aromatic heterocycles. The van der Waals surface area contributed by atoms with Gasteiger partial charge in [0.25, 0.3) is 5.69 Å². The first-order chi connectivity index (χ1) is 7.50. The molecule has 0 fully saturated rings. The topological polar surface area (TPSA) is 43.1 Å². The van der Waals surface area contributed by atoms with Gasteiger partial charge in [0, 0.05) is 22.8 Å². The molecule has 0 radical (unpaired) electrons. The van der Waals surface area contributed by atoms with Gasteiger partial charge in [-0.1, -0.05) is 11.1 Å². The molecule has 0 aliphatic rings. The van der Waals surface area contributed by atoms with Crippen LogP contribution in [0.3, 0.4) is 0 Å². The first kappa shape index (κ1) is 12.8. The van der Waals surface area contributed by atoms with Gasteiger partial charge in [0.15, 0.2) is 0 Å². The summed E-state index contributed by atoms with van der Waals surface area (Å²) in [6.07, 6.45) is 0. The highest BCUT2D eigenvalue weighted by molar-refractivity contribution is 7.99. The summed E-state index contributed by atoms with van der Waals surface area (Å²) >= 11 is 1.70. The molecule has 0 heterocycles. The lowest BCUT2D eigenvalue weighted by Crippen LogP contribution is -1.88. The highest BCUT2D eigenvalue weighted by Gasteiger charge is 2.04. The number of rotatable bonds is 4. The lowest BCUT2D eigenvalue weighted by atomic mass is 10.2. The summed E-state index contributed by atoms with van der Waals surface area (Å²) in [5, 5.41) is 10.5. The van der Waals surface area contributed by atoms with E-state index in [1.807, 2.05) is 0 Å². The van der Waals surface area contributed by atoms with Gasteiger partial charge in [0.1, 0.15) is 0 Å². The van der Waals surface area contributed by atoms with Gasteiger partial charge in [-0.15, -0.1) is 11.8 Å². The van der Waals surface area contributed by atoms with E-state index < -0.39 is 0 Å². The van der Waals surface area contributed by atoms with Gasteiger partial charge in [0.05, 0.1) is 4.92 Å². The molecule has 0 saturated carbocycles. The Bertz CT molecular complexity index is 406. The van der Waals surface area contributed by atoms with E-state index in [-0.39, 0.29) is 10.6 Å². The minimum Gasteiger partial charge on any atom is -0.258 e. The maximum Gasteiger partial charge on any atom is 0.269 e. The zero-order chi connectivity index (χ0) is 12.1. The van der Waals surface area contributed by atoms with Gasteiger partial charge in [-0.3, -0.25) is 10.1 Å². The van der Waals surface area contributed by atoms with Crippen LogP contribution in [0.1, 0.15) is 20.8 Å². The molecular weight excluding hydrogens is 222 g/mol. The standard InChI is InChI=1S/C12H15NO2S/c1-9(2)10(3)8-16-12-6-4-11(5-7-12)13(14)15/h4-7H,8H2,1-3H3. The van der Waals surface area contributed by atoms with E-state index >= 15 is 0 Å². The van der Waals surface area contributed by atoms with Crippen LogP contribution >= 0.6 is 11.8 Å². The van der Waals surface area contributed by atoms with Crippen LogP contribution in [0.25, 0.3) is 0 Å². The van der Waals surface area contributed by atoms with Crippen molar-refractivity contribution in [1.82, 2.24) is 0 Å². The summed E-state index contributed by atoms with van der Waals surface area (Å²) in [6, 6.07) is 6.67. The summed E-state index contributed by atoms with van der Waals surface area (Å²) in [6.45, 7) is 6.28. The van der Waals surface area contributed by atoms with Crippen LogP contribution < -0.4 is 0 Å². The third-order valence-corrected chi connectivity index (χ3v) is 3.54. The zero-order valence-electron chi connectivity index (χ0n) is 9.69. The number of hydrogen-bond acceptors (Lipinski definition) is 3. The average molecular weight is 237 g/mol. The van der Waals surface area contributed by atoms with Crippen LogP contribution in [0.4, 0.5) is 5.69 Å². The molecule has 0 aliphatic carbocycles. The monoisotopic (exact) mass is 237 g/mol. The molecule has 4 heteroatoms. The first-order valence-electron chi connectivity index (χ1n) is 5.01. The molecule has 0 amide bonds. The van der Waals surface area contributed by atoms with Gasteiger partial charge in [-0.2, -0.15) is 0 Å². The van der Waals surface area contributed by atoms with Crippen molar-refractivity contribution >= 4 is 17.4 Å². The van der Waals surface area contributed by atoms with Gasteiger partial charge < -0.3 is 0 Å². The fourth-order valence-electron chi connectivity index (χ4n) is 1.00. The van der Waals surface area contributed by atoms with Crippen molar-refractivity contribution < 1.29 is 4.92 Å². The second kappa shape index (κ2) is 5.70. The van der Waals surface area contributed by atoms with Crippen molar-refractivity contribution in [3.05, 3.63) is 45.5 Å². The molecule has 0 N–H and O–H groups in total. The minimum atomic E-state index is -0.379. The fraction of sp³-hybridized carbons (Fsp3) is 0.333. The number of nitro groups is 1. The highest BCUT2D eigenvalue weighted by Crippen LogP contribution is 2.23. The Morgan fingerprint density at radius 2 is 1.81 bits per heavy atom. The molecule has 0 atom stereocenters. The molecular formula is C12H15NO2S. The van der Waals surface area contributed by atoms with Crippen LogP contribution in [0.15, 0.2) is 40.3 Å². The minimum absolute atomic E-state index is 0.142. The van der Waals surface area contributed by atoms with E-state index in [4.69, 9.17) is 0 Å². The third kappa shape index (κ3) is 3.70. The Labute approximate surface area is 99.7 Å². The van der Waals surface area contributed by atoms with E-state index in [0.29, 0.717) is 0 Å². The average Bonchev–Trinajstić information content (AvgIpc) is 2.26. The van der Waals surface area contributed by atoms with Gasteiger partial charge in [0.2, 0.25) is 0 Å². The predicted molar refractivity (Wildman–Crippen MR) is 67.9 cm³/mol. The first-order valence-corrected chi connectivity index (χ1v) is 5.99. The summed E-state index contributed by atoms with van der Waals surface area (Å²) in [4.78, 5) is 11.1. The van der Waals surface area contributed by atoms with E-state index in [0.717, 1.165) is 10.6 Å². The lowest BCUT2D eigenvalue weighted by molar-refractivity contribution is -0.384. The smallest absolute Gasteiger partial charge is 0.258 e. The number of allylic oxidation sites excluding steroid dienone is 1. The Morgan fingerprint density at radius 3 is 2.25 bits per heavy atom. The second-order valence-corrected chi connectivity index (χ2v) is 4.87.